The maximum absolute atomic E-state index is 12.1. The fourth-order valence-electron chi connectivity index (χ4n) is 3.69. The fourth-order valence-corrected chi connectivity index (χ4v) is 3.86. The SMILES string of the molecule is CCn1c2ccccc2c2cc(C=NNC(=O)CNc3cccc(Cl)c3C)ccc21. The molecule has 4 rings (SSSR count). The Morgan fingerprint density at radius 1 is 1.07 bits per heavy atom. The van der Waals surface area contributed by atoms with Crippen molar-refractivity contribution in [3.8, 4) is 0 Å². The number of carbonyl (C=O) groups excluding carboxylic acids is 1. The molecular weight excluding hydrogens is 396 g/mol. The van der Waals surface area contributed by atoms with Gasteiger partial charge in [-0.2, -0.15) is 5.10 Å². The summed E-state index contributed by atoms with van der Waals surface area (Å²) in [7, 11) is 0. The van der Waals surface area contributed by atoms with Crippen molar-refractivity contribution in [2.75, 3.05) is 11.9 Å². The minimum atomic E-state index is -0.228. The van der Waals surface area contributed by atoms with Gasteiger partial charge in [-0.3, -0.25) is 4.79 Å². The molecule has 0 aliphatic heterocycles. The number of hydrogen-bond donors (Lipinski definition) is 2. The first-order chi connectivity index (χ1) is 14.6. The summed E-state index contributed by atoms with van der Waals surface area (Å²) in [5.41, 5.74) is 7.66. The fraction of sp³-hybridized carbons (Fsp3) is 0.167. The summed E-state index contributed by atoms with van der Waals surface area (Å²) in [5.74, 6) is -0.228. The Morgan fingerprint density at radius 3 is 2.70 bits per heavy atom. The van der Waals surface area contributed by atoms with E-state index in [1.165, 1.54) is 21.8 Å². The van der Waals surface area contributed by atoms with Gasteiger partial charge in [0.15, 0.2) is 0 Å². The number of aryl methyl sites for hydroxylation is 1. The number of para-hydroxylation sites is 1. The number of hydrazone groups is 1. The molecular formula is C24H23ClN4O. The molecule has 152 valence electrons. The summed E-state index contributed by atoms with van der Waals surface area (Å²) >= 11 is 6.10. The highest BCUT2D eigenvalue weighted by molar-refractivity contribution is 6.31. The van der Waals surface area contributed by atoms with Crippen LogP contribution in [0.3, 0.4) is 0 Å². The van der Waals surface area contributed by atoms with Crippen molar-refractivity contribution in [2.45, 2.75) is 20.4 Å². The summed E-state index contributed by atoms with van der Waals surface area (Å²) < 4.78 is 2.30. The Morgan fingerprint density at radius 2 is 1.87 bits per heavy atom. The highest BCUT2D eigenvalue weighted by Crippen LogP contribution is 2.29. The molecule has 0 aliphatic carbocycles. The van der Waals surface area contributed by atoms with Crippen LogP contribution < -0.4 is 10.7 Å². The van der Waals surface area contributed by atoms with Gasteiger partial charge in [0.25, 0.3) is 5.91 Å². The maximum atomic E-state index is 12.1. The monoisotopic (exact) mass is 418 g/mol. The van der Waals surface area contributed by atoms with E-state index in [9.17, 15) is 4.79 Å². The smallest absolute Gasteiger partial charge is 0.259 e. The molecule has 3 aromatic carbocycles. The Labute approximate surface area is 180 Å². The summed E-state index contributed by atoms with van der Waals surface area (Å²) in [6.07, 6.45) is 1.67. The van der Waals surface area contributed by atoms with Gasteiger partial charge in [-0.1, -0.05) is 41.9 Å². The van der Waals surface area contributed by atoms with Crippen LogP contribution in [-0.2, 0) is 11.3 Å². The van der Waals surface area contributed by atoms with Crippen LogP contribution in [0.25, 0.3) is 21.8 Å². The lowest BCUT2D eigenvalue weighted by Gasteiger charge is -2.09. The van der Waals surface area contributed by atoms with Crippen LogP contribution in [0.4, 0.5) is 5.69 Å². The van der Waals surface area contributed by atoms with Gasteiger partial charge in [-0.25, -0.2) is 5.43 Å². The van der Waals surface area contributed by atoms with Crippen molar-refractivity contribution in [1.29, 1.82) is 0 Å². The predicted octanol–water partition coefficient (Wildman–Crippen LogP) is 5.34. The van der Waals surface area contributed by atoms with Gasteiger partial charge in [0.2, 0.25) is 0 Å². The van der Waals surface area contributed by atoms with E-state index in [1.54, 1.807) is 6.21 Å². The number of fused-ring (bicyclic) bond motifs is 3. The Balaban J connectivity index is 1.45. The molecule has 1 aromatic heterocycles. The number of halogens is 1. The van der Waals surface area contributed by atoms with Crippen LogP contribution in [0.1, 0.15) is 18.1 Å². The van der Waals surface area contributed by atoms with E-state index in [-0.39, 0.29) is 12.5 Å². The average molecular weight is 419 g/mol. The number of nitrogens with zero attached hydrogens (tertiary/aromatic N) is 2. The van der Waals surface area contributed by atoms with Crippen molar-refractivity contribution in [3.63, 3.8) is 0 Å². The van der Waals surface area contributed by atoms with Gasteiger partial charge in [0.05, 0.1) is 12.8 Å². The molecule has 0 bridgehead atoms. The van der Waals surface area contributed by atoms with Gasteiger partial charge in [-0.15, -0.1) is 0 Å². The number of carbonyl (C=O) groups is 1. The molecule has 0 unspecified atom stereocenters. The van der Waals surface area contributed by atoms with Crippen molar-refractivity contribution in [2.24, 2.45) is 5.10 Å². The molecule has 0 fully saturated rings. The Bertz CT molecular complexity index is 1260. The highest BCUT2D eigenvalue weighted by atomic mass is 35.5. The largest absolute Gasteiger partial charge is 0.376 e. The number of rotatable bonds is 6. The maximum Gasteiger partial charge on any atom is 0.259 e. The van der Waals surface area contributed by atoms with Crippen LogP contribution in [-0.4, -0.2) is 23.2 Å². The minimum Gasteiger partial charge on any atom is -0.376 e. The second-order valence-corrected chi connectivity index (χ2v) is 7.50. The lowest BCUT2D eigenvalue weighted by atomic mass is 10.1. The zero-order valence-electron chi connectivity index (χ0n) is 16.9. The summed E-state index contributed by atoms with van der Waals surface area (Å²) in [4.78, 5) is 12.1. The molecule has 4 aromatic rings. The summed E-state index contributed by atoms with van der Waals surface area (Å²) in [6.45, 7) is 5.08. The third-order valence-electron chi connectivity index (χ3n) is 5.22. The normalized spacial score (nSPS) is 11.4. The van der Waals surface area contributed by atoms with E-state index in [2.05, 4.69) is 63.7 Å². The number of nitrogens with one attached hydrogen (secondary N) is 2. The average Bonchev–Trinajstić information content (AvgIpc) is 3.08. The standard InChI is InChI=1S/C24H23ClN4O/c1-3-29-22-10-5-4-7-18(22)19-13-17(11-12-23(19)29)14-27-28-24(30)15-26-21-9-6-8-20(25)16(21)2/h4-14,26H,3,15H2,1-2H3,(H,28,30). The van der Waals surface area contributed by atoms with Gasteiger partial charge < -0.3 is 9.88 Å². The topological polar surface area (TPSA) is 58.4 Å². The third kappa shape index (κ3) is 3.89. The number of aromatic nitrogens is 1. The zero-order valence-corrected chi connectivity index (χ0v) is 17.7. The molecule has 6 heteroatoms. The van der Waals surface area contributed by atoms with Crippen molar-refractivity contribution in [1.82, 2.24) is 9.99 Å². The van der Waals surface area contributed by atoms with E-state index in [1.807, 2.05) is 31.2 Å². The van der Waals surface area contributed by atoms with E-state index >= 15 is 0 Å². The molecule has 30 heavy (non-hydrogen) atoms. The van der Waals surface area contributed by atoms with E-state index in [4.69, 9.17) is 11.6 Å². The lowest BCUT2D eigenvalue weighted by Crippen LogP contribution is -2.26. The van der Waals surface area contributed by atoms with Gasteiger partial charge in [0, 0.05) is 39.1 Å². The second kappa shape index (κ2) is 8.59. The van der Waals surface area contributed by atoms with Crippen molar-refractivity contribution < 1.29 is 4.79 Å². The molecule has 1 heterocycles. The number of anilines is 1. The quantitative estimate of drug-likeness (QED) is 0.328. The summed E-state index contributed by atoms with van der Waals surface area (Å²) in [6, 6.07) is 20.2. The van der Waals surface area contributed by atoms with Gasteiger partial charge in [-0.05, 0) is 55.3 Å². The summed E-state index contributed by atoms with van der Waals surface area (Å²) in [5, 5.41) is 10.3. The molecule has 0 aliphatic rings. The number of amides is 1. The lowest BCUT2D eigenvalue weighted by molar-refractivity contribution is -0.119. The molecule has 1 amide bonds. The Hall–Kier alpha value is -3.31. The first kappa shape index (κ1) is 20.0. The van der Waals surface area contributed by atoms with E-state index < -0.39 is 0 Å². The first-order valence-corrected chi connectivity index (χ1v) is 10.3. The zero-order chi connectivity index (χ0) is 21.1. The molecule has 0 atom stereocenters. The third-order valence-corrected chi connectivity index (χ3v) is 5.63. The number of benzene rings is 3. The van der Waals surface area contributed by atoms with Crippen LogP contribution in [0.5, 0.6) is 0 Å². The first-order valence-electron chi connectivity index (χ1n) is 9.90. The van der Waals surface area contributed by atoms with Crippen molar-refractivity contribution in [3.05, 3.63) is 76.8 Å². The predicted molar refractivity (Wildman–Crippen MR) is 126 cm³/mol. The highest BCUT2D eigenvalue weighted by Gasteiger charge is 2.09. The van der Waals surface area contributed by atoms with Crippen LogP contribution in [0.15, 0.2) is 65.8 Å². The van der Waals surface area contributed by atoms with Gasteiger partial charge >= 0.3 is 0 Å². The van der Waals surface area contributed by atoms with Gasteiger partial charge in [0.1, 0.15) is 0 Å². The minimum absolute atomic E-state index is 0.113. The van der Waals surface area contributed by atoms with E-state index in [0.717, 1.165) is 23.4 Å². The van der Waals surface area contributed by atoms with Crippen molar-refractivity contribution >= 4 is 51.2 Å². The molecule has 2 N–H and O–H groups in total. The molecule has 0 saturated carbocycles. The molecule has 5 nitrogen and oxygen atoms in total. The Kier molecular flexibility index (Phi) is 5.72. The molecule has 0 radical (unpaired) electrons. The molecule has 0 spiro atoms. The van der Waals surface area contributed by atoms with E-state index in [0.29, 0.717) is 5.02 Å². The number of hydrogen-bond acceptors (Lipinski definition) is 3. The van der Waals surface area contributed by atoms with Crippen LogP contribution in [0, 0.1) is 6.92 Å². The second-order valence-electron chi connectivity index (χ2n) is 7.10. The van der Waals surface area contributed by atoms with Crippen LogP contribution >= 0.6 is 11.6 Å². The van der Waals surface area contributed by atoms with Crippen LogP contribution in [0.2, 0.25) is 5.02 Å². The molecule has 0 saturated heterocycles.